The number of nitrogens with zero attached hydrogens (tertiary/aromatic N) is 4. The van der Waals surface area contributed by atoms with Gasteiger partial charge in [0.1, 0.15) is 0 Å². The lowest BCUT2D eigenvalue weighted by molar-refractivity contribution is 0.318. The fourth-order valence-corrected chi connectivity index (χ4v) is 3.73. The van der Waals surface area contributed by atoms with Gasteiger partial charge < -0.3 is 15.3 Å². The molecule has 0 rings (SSSR count). The Kier molecular flexibility index (Phi) is 21.0. The molecule has 0 aliphatic carbocycles. The minimum absolute atomic E-state index is 0.0589. The van der Waals surface area contributed by atoms with Crippen LogP contribution in [-0.4, -0.2) is 62.3 Å². The van der Waals surface area contributed by atoms with Gasteiger partial charge in [-0.25, -0.2) is 0 Å². The first-order valence-electron chi connectivity index (χ1n) is 13.4. The summed E-state index contributed by atoms with van der Waals surface area (Å²) in [6, 6.07) is 2.18. The average Bonchev–Trinajstić information content (AvgIpc) is 2.90. The normalized spacial score (nSPS) is 15.6. The van der Waals surface area contributed by atoms with Crippen molar-refractivity contribution < 1.29 is 5.11 Å². The molecule has 6 nitrogen and oxygen atoms in total. The number of halogens is 1. The van der Waals surface area contributed by atoms with Crippen LogP contribution < -0.4 is 5.32 Å². The van der Waals surface area contributed by atoms with E-state index in [0.29, 0.717) is 11.5 Å². The Balaban J connectivity index is 5.28. The van der Waals surface area contributed by atoms with E-state index in [-0.39, 0.29) is 6.61 Å². The molecule has 1 unspecified atom stereocenters. The standard InChI is InChI=1S/C31H48BrN5O/c1-8-11-16-29(24-38)31(36-26(5)30(32)23-34-6)20-25(4)35-22-27(10-3)17-19-37(7)18-13-12-15-28(21-33)14-9-2/h9,12-16,20,23,27,35,38H,8,10-11,17-19,22,24H2,1-7H3/b13-12+,14-9-,25-20+,28-15+,29-16+,30-26-,34-23?,36-31+. The van der Waals surface area contributed by atoms with Crippen LogP contribution in [0, 0.1) is 17.2 Å². The number of hydrogen-bond donors (Lipinski definition) is 2. The lowest BCUT2D eigenvalue weighted by atomic mass is 10.0. The first-order valence-corrected chi connectivity index (χ1v) is 14.2. The first-order chi connectivity index (χ1) is 18.3. The van der Waals surface area contributed by atoms with Gasteiger partial charge >= 0.3 is 0 Å². The molecule has 1 atom stereocenters. The number of aliphatic hydroxyl groups is 1. The highest BCUT2D eigenvalue weighted by atomic mass is 79.9. The average molecular weight is 587 g/mol. The van der Waals surface area contributed by atoms with Crippen molar-refractivity contribution >= 4 is 27.9 Å². The first kappa shape index (κ1) is 35.5. The summed E-state index contributed by atoms with van der Waals surface area (Å²) in [4.78, 5) is 11.1. The molecule has 0 aromatic carbocycles. The number of unbranched alkanes of at least 4 members (excludes halogenated alkanes) is 1. The third-order valence-electron chi connectivity index (χ3n) is 5.88. The predicted octanol–water partition coefficient (Wildman–Crippen LogP) is 6.90. The number of aliphatic hydroxyl groups excluding tert-OH is 1. The maximum Gasteiger partial charge on any atom is 0.0991 e. The highest BCUT2D eigenvalue weighted by Gasteiger charge is 2.10. The van der Waals surface area contributed by atoms with E-state index in [2.05, 4.69) is 70.3 Å². The largest absolute Gasteiger partial charge is 0.392 e. The molecule has 0 radical (unpaired) electrons. The van der Waals surface area contributed by atoms with Crippen molar-refractivity contribution in [2.45, 2.75) is 60.3 Å². The van der Waals surface area contributed by atoms with Crippen LogP contribution in [-0.2, 0) is 0 Å². The second kappa shape index (κ2) is 22.5. The van der Waals surface area contributed by atoms with Gasteiger partial charge in [0, 0.05) is 32.0 Å². The maximum atomic E-state index is 10.0. The Morgan fingerprint density at radius 2 is 2.00 bits per heavy atom. The Hall–Kier alpha value is -2.53. The van der Waals surface area contributed by atoms with Crippen molar-refractivity contribution in [3.05, 3.63) is 69.6 Å². The molecule has 38 heavy (non-hydrogen) atoms. The van der Waals surface area contributed by atoms with Crippen LogP contribution in [0.15, 0.2) is 79.5 Å². The van der Waals surface area contributed by atoms with Gasteiger partial charge in [-0.1, -0.05) is 51.0 Å². The minimum atomic E-state index is -0.0589. The molecule has 0 amide bonds. The molecule has 7 heteroatoms. The van der Waals surface area contributed by atoms with Gasteiger partial charge in [0.05, 0.1) is 34.1 Å². The Morgan fingerprint density at radius 1 is 1.26 bits per heavy atom. The van der Waals surface area contributed by atoms with Crippen molar-refractivity contribution in [2.75, 3.05) is 40.3 Å². The number of allylic oxidation sites excluding steroid dienone is 10. The summed E-state index contributed by atoms with van der Waals surface area (Å²) in [5, 5.41) is 22.7. The summed E-state index contributed by atoms with van der Waals surface area (Å²) in [7, 11) is 3.84. The molecule has 0 heterocycles. The van der Waals surface area contributed by atoms with Crippen molar-refractivity contribution in [2.24, 2.45) is 15.9 Å². The number of aliphatic imine (C=N–C) groups is 2. The van der Waals surface area contributed by atoms with Gasteiger partial charge in [0.15, 0.2) is 0 Å². The quantitative estimate of drug-likeness (QED) is 0.104. The molecule has 0 spiro atoms. The van der Waals surface area contributed by atoms with Gasteiger partial charge in [-0.3, -0.25) is 9.98 Å². The van der Waals surface area contributed by atoms with Crippen LogP contribution in [0.25, 0.3) is 0 Å². The lowest BCUT2D eigenvalue weighted by Gasteiger charge is -2.21. The van der Waals surface area contributed by atoms with Gasteiger partial charge in [-0.15, -0.1) is 0 Å². The van der Waals surface area contributed by atoms with Crippen LogP contribution >= 0.6 is 15.9 Å². The second-order valence-electron chi connectivity index (χ2n) is 9.19. The monoisotopic (exact) mass is 585 g/mol. The summed E-state index contributed by atoms with van der Waals surface area (Å²) in [5.41, 5.74) is 4.05. The SMILES string of the molecule is C\C=C/C(C#N)=C\C=C\CN(C)CCC(CC)CN/C(C)=C/C(=N\C(C)=C(/Br)C=NC)C(=C/CCC)/CO. The zero-order valence-corrected chi connectivity index (χ0v) is 26.1. The van der Waals surface area contributed by atoms with Gasteiger partial charge in [-0.05, 0) is 92.9 Å². The predicted molar refractivity (Wildman–Crippen MR) is 169 cm³/mol. The molecule has 0 fully saturated rings. The van der Waals surface area contributed by atoms with E-state index in [1.807, 2.05) is 51.2 Å². The fourth-order valence-electron chi connectivity index (χ4n) is 3.43. The maximum absolute atomic E-state index is 10.0. The zero-order valence-electron chi connectivity index (χ0n) is 24.5. The van der Waals surface area contributed by atoms with Crippen LogP contribution in [0.2, 0.25) is 0 Å². The van der Waals surface area contributed by atoms with E-state index >= 15 is 0 Å². The Morgan fingerprint density at radius 3 is 2.58 bits per heavy atom. The molecule has 0 aliphatic rings. The molecule has 0 aromatic heterocycles. The van der Waals surface area contributed by atoms with Crippen LogP contribution in [0.3, 0.4) is 0 Å². The summed E-state index contributed by atoms with van der Waals surface area (Å²) in [5.74, 6) is 0.537. The zero-order chi connectivity index (χ0) is 28.8. The molecule has 2 N–H and O–H groups in total. The number of rotatable bonds is 18. The molecule has 210 valence electrons. The highest BCUT2D eigenvalue weighted by molar-refractivity contribution is 9.12. The summed E-state index contributed by atoms with van der Waals surface area (Å²) < 4.78 is 0.814. The van der Waals surface area contributed by atoms with Gasteiger partial charge in [0.25, 0.3) is 0 Å². The molecule has 0 aromatic rings. The minimum Gasteiger partial charge on any atom is -0.392 e. The van der Waals surface area contributed by atoms with E-state index in [1.165, 1.54) is 0 Å². The van der Waals surface area contributed by atoms with Crippen molar-refractivity contribution in [3.63, 3.8) is 0 Å². The van der Waals surface area contributed by atoms with Crippen LogP contribution in [0.4, 0.5) is 0 Å². The summed E-state index contributed by atoms with van der Waals surface area (Å²) >= 11 is 3.52. The Bertz CT molecular complexity index is 977. The van der Waals surface area contributed by atoms with E-state index in [9.17, 15) is 5.11 Å². The molecule has 0 bridgehead atoms. The lowest BCUT2D eigenvalue weighted by Crippen LogP contribution is -2.27. The summed E-state index contributed by atoms with van der Waals surface area (Å²) in [6.07, 6.45) is 19.4. The molecule has 0 saturated heterocycles. The third-order valence-corrected chi connectivity index (χ3v) is 6.66. The van der Waals surface area contributed by atoms with Crippen LogP contribution in [0.5, 0.6) is 0 Å². The van der Waals surface area contributed by atoms with Crippen molar-refractivity contribution in [1.82, 2.24) is 10.2 Å². The molecular weight excluding hydrogens is 538 g/mol. The van der Waals surface area contributed by atoms with Crippen molar-refractivity contribution in [3.8, 4) is 6.07 Å². The van der Waals surface area contributed by atoms with E-state index in [0.717, 1.165) is 72.5 Å². The van der Waals surface area contributed by atoms with Gasteiger partial charge in [0.2, 0.25) is 0 Å². The van der Waals surface area contributed by atoms with Gasteiger partial charge in [-0.2, -0.15) is 5.26 Å². The number of hydrogen-bond acceptors (Lipinski definition) is 6. The van der Waals surface area contributed by atoms with E-state index in [1.54, 1.807) is 13.3 Å². The van der Waals surface area contributed by atoms with E-state index in [4.69, 9.17) is 10.3 Å². The summed E-state index contributed by atoms with van der Waals surface area (Å²) in [6.45, 7) is 12.9. The number of likely N-dealkylation sites (N-methyl/N-ethyl adjacent to an activating group) is 1. The topological polar surface area (TPSA) is 84.0 Å². The van der Waals surface area contributed by atoms with Crippen molar-refractivity contribution in [1.29, 1.82) is 5.26 Å². The molecular formula is C31H48BrN5O. The number of nitrogens with one attached hydrogen (secondary N) is 1. The molecule has 0 aliphatic heterocycles. The Labute approximate surface area is 240 Å². The molecule has 0 saturated carbocycles. The fraction of sp³-hybridized carbons (Fsp3) is 0.516. The van der Waals surface area contributed by atoms with Crippen LogP contribution in [0.1, 0.15) is 60.3 Å². The highest BCUT2D eigenvalue weighted by Crippen LogP contribution is 2.15. The second-order valence-corrected chi connectivity index (χ2v) is 10.0. The third kappa shape index (κ3) is 16.3. The number of nitriles is 1. The van der Waals surface area contributed by atoms with E-state index < -0.39 is 0 Å². The smallest absolute Gasteiger partial charge is 0.0991 e.